The normalized spacial score (nSPS) is 23.8. The minimum Gasteiger partial charge on any atom is -0.376 e. The lowest BCUT2D eigenvalue weighted by molar-refractivity contribution is -0.133. The number of piperidine rings is 1. The van der Waals surface area contributed by atoms with Crippen LogP contribution in [0.5, 0.6) is 0 Å². The molecule has 3 saturated heterocycles. The summed E-state index contributed by atoms with van der Waals surface area (Å²) in [6.07, 6.45) is 3.03. The molecule has 3 heterocycles. The molecule has 0 saturated carbocycles. The van der Waals surface area contributed by atoms with Crippen LogP contribution in [-0.4, -0.2) is 72.1 Å². The first kappa shape index (κ1) is 20.7. The van der Waals surface area contributed by atoms with Gasteiger partial charge >= 0.3 is 6.03 Å². The zero-order chi connectivity index (χ0) is 21.1. The third-order valence-electron chi connectivity index (χ3n) is 6.13. The topological polar surface area (TPSA) is 91.0 Å². The monoisotopic (exact) mass is 418 g/mol. The molecule has 4 amide bonds. The smallest absolute Gasteiger partial charge is 0.325 e. The number of halogens is 1. The molecule has 9 heteroatoms. The second-order valence-electron chi connectivity index (χ2n) is 8.25. The zero-order valence-electron chi connectivity index (χ0n) is 16.9. The minimum atomic E-state index is -0.915. The number of amides is 4. The molecule has 1 unspecified atom stereocenters. The standard InChI is InChI=1S/C21H27FN4O4/c22-16-5-3-15(4-6-16)13-26-19(28)21(24-20(26)29)7-9-25(10-8-21)14-18(27)23-12-17-2-1-11-30-17/h3-6,17H,1-2,7-14H2,(H,23,27)(H,24,29). The molecule has 1 aromatic rings. The van der Waals surface area contributed by atoms with E-state index in [1.807, 2.05) is 4.90 Å². The number of benzene rings is 1. The SMILES string of the molecule is O=C(CN1CCC2(CC1)NC(=O)N(Cc1ccc(F)cc1)C2=O)NCC1CCCO1. The molecule has 3 aliphatic heterocycles. The van der Waals surface area contributed by atoms with E-state index in [1.165, 1.54) is 17.0 Å². The quantitative estimate of drug-likeness (QED) is 0.673. The Balaban J connectivity index is 1.28. The van der Waals surface area contributed by atoms with Crippen LogP contribution in [0.3, 0.4) is 0 Å². The van der Waals surface area contributed by atoms with Gasteiger partial charge in [0.15, 0.2) is 0 Å². The molecule has 162 valence electrons. The maximum absolute atomic E-state index is 13.1. The summed E-state index contributed by atoms with van der Waals surface area (Å²) in [7, 11) is 0. The van der Waals surface area contributed by atoms with E-state index in [1.54, 1.807) is 12.1 Å². The average molecular weight is 418 g/mol. The number of urea groups is 1. The third-order valence-corrected chi connectivity index (χ3v) is 6.13. The molecular weight excluding hydrogens is 391 g/mol. The van der Waals surface area contributed by atoms with Crippen molar-refractivity contribution in [3.8, 4) is 0 Å². The van der Waals surface area contributed by atoms with E-state index in [9.17, 15) is 18.8 Å². The summed E-state index contributed by atoms with van der Waals surface area (Å²) in [5.41, 5.74) is -0.223. The molecule has 0 bridgehead atoms. The van der Waals surface area contributed by atoms with Crippen LogP contribution in [0, 0.1) is 5.82 Å². The minimum absolute atomic E-state index is 0.0545. The molecule has 30 heavy (non-hydrogen) atoms. The first-order valence-electron chi connectivity index (χ1n) is 10.4. The largest absolute Gasteiger partial charge is 0.376 e. The number of hydrogen-bond donors (Lipinski definition) is 2. The van der Waals surface area contributed by atoms with Crippen LogP contribution in [0.25, 0.3) is 0 Å². The predicted octanol–water partition coefficient (Wildman–Crippen LogP) is 1.01. The zero-order valence-corrected chi connectivity index (χ0v) is 16.9. The average Bonchev–Trinajstić information content (AvgIpc) is 3.33. The van der Waals surface area contributed by atoms with E-state index in [2.05, 4.69) is 10.6 Å². The van der Waals surface area contributed by atoms with Gasteiger partial charge in [0.1, 0.15) is 11.4 Å². The first-order chi connectivity index (χ1) is 14.4. The summed E-state index contributed by atoms with van der Waals surface area (Å²) in [6, 6.07) is 5.34. The summed E-state index contributed by atoms with van der Waals surface area (Å²) in [5, 5.41) is 5.77. The Morgan fingerprint density at radius 1 is 1.23 bits per heavy atom. The van der Waals surface area contributed by atoms with Crippen LogP contribution in [0.15, 0.2) is 24.3 Å². The van der Waals surface area contributed by atoms with E-state index in [-0.39, 0.29) is 36.8 Å². The van der Waals surface area contributed by atoms with Crippen LogP contribution >= 0.6 is 0 Å². The molecule has 8 nitrogen and oxygen atoms in total. The molecule has 0 aliphatic carbocycles. The van der Waals surface area contributed by atoms with Crippen LogP contribution in [0.4, 0.5) is 9.18 Å². The Kier molecular flexibility index (Phi) is 6.01. The van der Waals surface area contributed by atoms with E-state index in [0.29, 0.717) is 38.0 Å². The van der Waals surface area contributed by atoms with Crippen molar-refractivity contribution < 1.29 is 23.5 Å². The summed E-state index contributed by atoms with van der Waals surface area (Å²) < 4.78 is 18.6. The van der Waals surface area contributed by atoms with Crippen molar-refractivity contribution in [1.29, 1.82) is 0 Å². The molecule has 0 radical (unpaired) electrons. The Bertz CT molecular complexity index is 802. The van der Waals surface area contributed by atoms with Gasteiger partial charge in [0.05, 0.1) is 19.2 Å². The Labute approximate surface area is 174 Å². The third kappa shape index (κ3) is 4.46. The fourth-order valence-corrected chi connectivity index (χ4v) is 4.32. The summed E-state index contributed by atoms with van der Waals surface area (Å²) in [5.74, 6) is -0.667. The van der Waals surface area contributed by atoms with Gasteiger partial charge in [-0.25, -0.2) is 9.18 Å². The Hall–Kier alpha value is -2.52. The molecular formula is C21H27FN4O4. The second-order valence-corrected chi connectivity index (χ2v) is 8.25. The Morgan fingerprint density at radius 3 is 2.63 bits per heavy atom. The van der Waals surface area contributed by atoms with Crippen molar-refractivity contribution in [3.05, 3.63) is 35.6 Å². The molecule has 3 fully saturated rings. The Morgan fingerprint density at radius 2 is 1.97 bits per heavy atom. The number of likely N-dealkylation sites (tertiary alicyclic amines) is 1. The fourth-order valence-electron chi connectivity index (χ4n) is 4.32. The number of hydrogen-bond acceptors (Lipinski definition) is 5. The first-order valence-corrected chi connectivity index (χ1v) is 10.4. The number of carbonyl (C=O) groups is 3. The van der Waals surface area contributed by atoms with Gasteiger partial charge in [-0.05, 0) is 43.4 Å². The highest BCUT2D eigenvalue weighted by atomic mass is 19.1. The van der Waals surface area contributed by atoms with Gasteiger partial charge in [-0.1, -0.05) is 12.1 Å². The van der Waals surface area contributed by atoms with Gasteiger partial charge in [-0.15, -0.1) is 0 Å². The van der Waals surface area contributed by atoms with Gasteiger partial charge in [0.2, 0.25) is 5.91 Å². The number of rotatable bonds is 6. The number of nitrogens with zero attached hydrogens (tertiary/aromatic N) is 2. The lowest BCUT2D eigenvalue weighted by Gasteiger charge is -2.37. The summed E-state index contributed by atoms with van der Waals surface area (Å²) in [6.45, 7) is 2.76. The van der Waals surface area contributed by atoms with Crippen LogP contribution in [0.1, 0.15) is 31.2 Å². The van der Waals surface area contributed by atoms with Gasteiger partial charge in [-0.3, -0.25) is 19.4 Å². The van der Waals surface area contributed by atoms with Crippen molar-refractivity contribution in [1.82, 2.24) is 20.4 Å². The van der Waals surface area contributed by atoms with Crippen LogP contribution in [-0.2, 0) is 20.9 Å². The van der Waals surface area contributed by atoms with Gasteiger partial charge in [-0.2, -0.15) is 0 Å². The molecule has 1 spiro atoms. The highest BCUT2D eigenvalue weighted by Crippen LogP contribution is 2.30. The molecule has 1 atom stereocenters. The van der Waals surface area contributed by atoms with Crippen molar-refractivity contribution in [2.75, 3.05) is 32.8 Å². The highest BCUT2D eigenvalue weighted by Gasteiger charge is 2.52. The number of carbonyl (C=O) groups excluding carboxylic acids is 3. The summed E-state index contributed by atoms with van der Waals surface area (Å²) in [4.78, 5) is 40.8. The number of ether oxygens (including phenoxy) is 1. The van der Waals surface area contributed by atoms with Crippen LogP contribution in [0.2, 0.25) is 0 Å². The van der Waals surface area contributed by atoms with Crippen molar-refractivity contribution >= 4 is 17.8 Å². The predicted molar refractivity (Wildman–Crippen MR) is 106 cm³/mol. The second kappa shape index (κ2) is 8.69. The van der Waals surface area contributed by atoms with E-state index in [0.717, 1.165) is 19.4 Å². The number of imide groups is 1. The van der Waals surface area contributed by atoms with Crippen molar-refractivity contribution in [2.24, 2.45) is 0 Å². The number of nitrogens with one attached hydrogen (secondary N) is 2. The van der Waals surface area contributed by atoms with E-state index in [4.69, 9.17) is 4.74 Å². The molecule has 1 aromatic carbocycles. The van der Waals surface area contributed by atoms with Crippen LogP contribution < -0.4 is 10.6 Å². The lowest BCUT2D eigenvalue weighted by Crippen LogP contribution is -2.56. The highest BCUT2D eigenvalue weighted by molar-refractivity contribution is 6.07. The molecule has 2 N–H and O–H groups in total. The van der Waals surface area contributed by atoms with Gasteiger partial charge < -0.3 is 15.4 Å². The van der Waals surface area contributed by atoms with Crippen molar-refractivity contribution in [2.45, 2.75) is 43.9 Å². The maximum Gasteiger partial charge on any atom is 0.325 e. The fraction of sp³-hybridized carbons (Fsp3) is 0.571. The molecule has 3 aliphatic rings. The molecule has 0 aromatic heterocycles. The van der Waals surface area contributed by atoms with E-state index >= 15 is 0 Å². The maximum atomic E-state index is 13.1. The molecule has 4 rings (SSSR count). The van der Waals surface area contributed by atoms with Gasteiger partial charge in [0.25, 0.3) is 5.91 Å². The summed E-state index contributed by atoms with van der Waals surface area (Å²) >= 11 is 0. The van der Waals surface area contributed by atoms with Gasteiger partial charge in [0, 0.05) is 26.2 Å². The van der Waals surface area contributed by atoms with Crippen molar-refractivity contribution in [3.63, 3.8) is 0 Å². The van der Waals surface area contributed by atoms with E-state index < -0.39 is 11.6 Å². The lowest BCUT2D eigenvalue weighted by atomic mass is 9.87.